The first-order chi connectivity index (χ1) is 22.9. The molecule has 1 fully saturated rings. The molecule has 0 aromatic heterocycles. The number of carbonyl (C=O) groups is 3. The van der Waals surface area contributed by atoms with E-state index in [1.807, 2.05) is 54.6 Å². The number of nitrogens with one attached hydrogen (secondary N) is 2. The molecule has 1 saturated heterocycles. The van der Waals surface area contributed by atoms with Gasteiger partial charge in [-0.25, -0.2) is 0 Å². The largest absolute Gasteiger partial charge is 0.356 e. The van der Waals surface area contributed by atoms with Crippen molar-refractivity contribution >= 4 is 17.7 Å². The Hall–Kier alpha value is -3.97. The van der Waals surface area contributed by atoms with Gasteiger partial charge in [-0.3, -0.25) is 14.4 Å². The van der Waals surface area contributed by atoms with Crippen molar-refractivity contribution < 1.29 is 14.4 Å². The van der Waals surface area contributed by atoms with Crippen LogP contribution in [-0.4, -0.2) is 73.8 Å². The van der Waals surface area contributed by atoms with Crippen LogP contribution in [0.3, 0.4) is 0 Å². The summed E-state index contributed by atoms with van der Waals surface area (Å²) in [6, 6.07) is 30.3. The summed E-state index contributed by atoms with van der Waals surface area (Å²) in [5, 5.41) is 5.92. The van der Waals surface area contributed by atoms with Crippen LogP contribution in [0.25, 0.3) is 0 Å². The number of amides is 3. The van der Waals surface area contributed by atoms with Gasteiger partial charge in [-0.1, -0.05) is 124 Å². The van der Waals surface area contributed by atoms with Crippen LogP contribution in [0.2, 0.25) is 0 Å². The summed E-state index contributed by atoms with van der Waals surface area (Å²) in [4.78, 5) is 43.3. The minimum Gasteiger partial charge on any atom is -0.356 e. The maximum absolute atomic E-state index is 13.8. The first kappa shape index (κ1) is 35.9. The molecule has 1 unspecified atom stereocenters. The molecule has 3 aromatic carbocycles. The number of benzene rings is 3. The predicted octanol–water partition coefficient (Wildman–Crippen LogP) is 6.17. The van der Waals surface area contributed by atoms with Gasteiger partial charge >= 0.3 is 0 Å². The van der Waals surface area contributed by atoms with E-state index >= 15 is 0 Å². The van der Waals surface area contributed by atoms with E-state index in [0.717, 1.165) is 42.7 Å². The molecule has 3 amide bonds. The fourth-order valence-corrected chi connectivity index (χ4v) is 6.82. The van der Waals surface area contributed by atoms with Crippen molar-refractivity contribution in [1.29, 1.82) is 0 Å². The van der Waals surface area contributed by atoms with Crippen molar-refractivity contribution in [2.24, 2.45) is 5.92 Å². The second-order valence-corrected chi connectivity index (χ2v) is 13.1. The van der Waals surface area contributed by atoms with E-state index in [1.54, 1.807) is 7.05 Å². The molecule has 252 valence electrons. The molecular weight excluding hydrogens is 584 g/mol. The minimum absolute atomic E-state index is 0.0511. The van der Waals surface area contributed by atoms with E-state index in [-0.39, 0.29) is 43.7 Å². The Morgan fingerprint density at radius 2 is 1.36 bits per heavy atom. The summed E-state index contributed by atoms with van der Waals surface area (Å²) in [6.07, 6.45) is 9.18. The van der Waals surface area contributed by atoms with Gasteiger partial charge in [-0.2, -0.15) is 0 Å². The standard InChI is InChI=1S/C40H54N4O3/c1-3-4-5-6-16-27-44-28-17-18-33(31-44)30-42-37(45)25-26-41-38(46)32-43(2)39(47)29-40(34-19-10-7-11-20-34,35-21-12-8-13-22-35)36-23-14-9-15-24-36/h7-15,19-24,33H,3-6,16-18,25-32H2,1-2H3,(H,41,46)(H,42,45). The Labute approximate surface area is 282 Å². The van der Waals surface area contributed by atoms with Crippen LogP contribution < -0.4 is 10.6 Å². The molecule has 0 saturated carbocycles. The van der Waals surface area contributed by atoms with E-state index < -0.39 is 5.41 Å². The fraction of sp³-hybridized carbons (Fsp3) is 0.475. The third-order valence-electron chi connectivity index (χ3n) is 9.47. The van der Waals surface area contributed by atoms with Crippen LogP contribution in [0.4, 0.5) is 0 Å². The van der Waals surface area contributed by atoms with E-state index in [4.69, 9.17) is 0 Å². The normalized spacial score (nSPS) is 15.1. The van der Waals surface area contributed by atoms with E-state index in [9.17, 15) is 14.4 Å². The van der Waals surface area contributed by atoms with E-state index in [0.29, 0.717) is 12.5 Å². The van der Waals surface area contributed by atoms with Gasteiger partial charge in [0.05, 0.1) is 12.0 Å². The Morgan fingerprint density at radius 1 is 0.787 bits per heavy atom. The van der Waals surface area contributed by atoms with Crippen molar-refractivity contribution in [2.45, 2.75) is 70.1 Å². The van der Waals surface area contributed by atoms with Gasteiger partial charge in [0.2, 0.25) is 17.7 Å². The molecule has 2 N–H and O–H groups in total. The van der Waals surface area contributed by atoms with Gasteiger partial charge in [0, 0.05) is 39.5 Å². The highest BCUT2D eigenvalue weighted by molar-refractivity contribution is 5.86. The smallest absolute Gasteiger partial charge is 0.239 e. The average Bonchev–Trinajstić information content (AvgIpc) is 3.11. The van der Waals surface area contributed by atoms with Gasteiger partial charge in [0.1, 0.15) is 0 Å². The maximum atomic E-state index is 13.8. The zero-order valence-electron chi connectivity index (χ0n) is 28.5. The number of nitrogens with zero attached hydrogens (tertiary/aromatic N) is 2. The van der Waals surface area contributed by atoms with Crippen LogP contribution in [-0.2, 0) is 19.8 Å². The van der Waals surface area contributed by atoms with Crippen LogP contribution in [0.5, 0.6) is 0 Å². The van der Waals surface area contributed by atoms with Gasteiger partial charge in [0.25, 0.3) is 0 Å². The molecule has 1 heterocycles. The Kier molecular flexibility index (Phi) is 14.5. The summed E-state index contributed by atoms with van der Waals surface area (Å²) >= 11 is 0. The molecule has 4 rings (SSSR count). The molecule has 1 aliphatic heterocycles. The van der Waals surface area contributed by atoms with Crippen LogP contribution >= 0.6 is 0 Å². The van der Waals surface area contributed by atoms with Gasteiger partial charge in [-0.15, -0.1) is 0 Å². The molecule has 3 aromatic rings. The number of likely N-dealkylation sites (tertiary alicyclic amines) is 1. The Balaban J connectivity index is 1.26. The van der Waals surface area contributed by atoms with Crippen molar-refractivity contribution in [2.75, 3.05) is 46.3 Å². The molecule has 1 aliphatic rings. The summed E-state index contributed by atoms with van der Waals surface area (Å²) in [5.41, 5.74) is 2.31. The topological polar surface area (TPSA) is 81.8 Å². The first-order valence-corrected chi connectivity index (χ1v) is 17.6. The average molecular weight is 639 g/mol. The predicted molar refractivity (Wildman–Crippen MR) is 190 cm³/mol. The summed E-state index contributed by atoms with van der Waals surface area (Å²) in [5.74, 6) is 0.00865. The van der Waals surface area contributed by atoms with Crippen LogP contribution in [0.1, 0.15) is 81.4 Å². The zero-order chi connectivity index (χ0) is 33.3. The number of hydrogen-bond acceptors (Lipinski definition) is 4. The van der Waals surface area contributed by atoms with Gasteiger partial charge < -0.3 is 20.4 Å². The summed E-state index contributed by atoms with van der Waals surface area (Å²) in [7, 11) is 1.67. The third-order valence-corrected chi connectivity index (χ3v) is 9.47. The second kappa shape index (κ2) is 19.0. The highest BCUT2D eigenvalue weighted by Crippen LogP contribution is 2.42. The number of likely N-dealkylation sites (N-methyl/N-ethyl adjacent to an activating group) is 1. The lowest BCUT2D eigenvalue weighted by Crippen LogP contribution is -2.43. The molecule has 47 heavy (non-hydrogen) atoms. The Bertz CT molecular complexity index is 1270. The number of piperidine rings is 1. The Morgan fingerprint density at radius 3 is 1.94 bits per heavy atom. The molecule has 1 atom stereocenters. The first-order valence-electron chi connectivity index (χ1n) is 17.6. The molecule has 0 bridgehead atoms. The summed E-state index contributed by atoms with van der Waals surface area (Å²) < 4.78 is 0. The van der Waals surface area contributed by atoms with Gasteiger partial charge in [-0.05, 0) is 55.0 Å². The molecule has 0 spiro atoms. The van der Waals surface area contributed by atoms with Gasteiger partial charge in [0.15, 0.2) is 0 Å². The number of unbranched alkanes of at least 4 members (excludes halogenated alkanes) is 4. The van der Waals surface area contributed by atoms with Crippen LogP contribution in [0, 0.1) is 5.92 Å². The third kappa shape index (κ3) is 10.8. The quantitative estimate of drug-likeness (QED) is 0.129. The van der Waals surface area contributed by atoms with Crippen molar-refractivity contribution in [3.63, 3.8) is 0 Å². The fourth-order valence-electron chi connectivity index (χ4n) is 6.82. The van der Waals surface area contributed by atoms with Crippen molar-refractivity contribution in [3.8, 4) is 0 Å². The lowest BCUT2D eigenvalue weighted by molar-refractivity contribution is -0.135. The van der Waals surface area contributed by atoms with E-state index in [2.05, 4.69) is 58.9 Å². The number of hydrogen-bond donors (Lipinski definition) is 2. The highest BCUT2D eigenvalue weighted by atomic mass is 16.2. The maximum Gasteiger partial charge on any atom is 0.239 e. The van der Waals surface area contributed by atoms with E-state index in [1.165, 1.54) is 43.4 Å². The second-order valence-electron chi connectivity index (χ2n) is 13.1. The lowest BCUT2D eigenvalue weighted by Gasteiger charge is -2.36. The zero-order valence-corrected chi connectivity index (χ0v) is 28.5. The number of rotatable bonds is 18. The molecule has 7 nitrogen and oxygen atoms in total. The van der Waals surface area contributed by atoms with Crippen molar-refractivity contribution in [3.05, 3.63) is 108 Å². The highest BCUT2D eigenvalue weighted by Gasteiger charge is 2.39. The number of carbonyl (C=O) groups excluding carboxylic acids is 3. The molecule has 7 heteroatoms. The minimum atomic E-state index is -0.728. The molecular formula is C40H54N4O3. The molecule has 0 radical (unpaired) electrons. The summed E-state index contributed by atoms with van der Waals surface area (Å²) in [6.45, 7) is 6.45. The van der Waals surface area contributed by atoms with Crippen LogP contribution in [0.15, 0.2) is 91.0 Å². The van der Waals surface area contributed by atoms with Crippen molar-refractivity contribution in [1.82, 2.24) is 20.4 Å². The monoisotopic (exact) mass is 638 g/mol. The molecule has 0 aliphatic carbocycles. The SMILES string of the molecule is CCCCCCCN1CCCC(CNC(=O)CCNC(=O)CN(C)C(=O)CC(c2ccccc2)(c2ccccc2)c2ccccc2)C1. The lowest BCUT2D eigenvalue weighted by atomic mass is 9.67.